The van der Waals surface area contributed by atoms with Crippen molar-refractivity contribution >= 4 is 11.8 Å². The van der Waals surface area contributed by atoms with E-state index in [0.29, 0.717) is 0 Å². The first-order valence-electron chi connectivity index (χ1n) is 5.41. The average molecular weight is 223 g/mol. The second kappa shape index (κ2) is 6.19. The summed E-state index contributed by atoms with van der Waals surface area (Å²) in [6.45, 7) is 8.65. The van der Waals surface area contributed by atoms with Crippen molar-refractivity contribution in [2.45, 2.75) is 27.3 Å². The van der Waals surface area contributed by atoms with E-state index in [1.54, 1.807) is 0 Å². The fraction of sp³-hybridized carbons (Fsp3) is 0.538. The minimum absolute atomic E-state index is 0.999. The van der Waals surface area contributed by atoms with Crippen molar-refractivity contribution in [3.63, 3.8) is 0 Å². The molecule has 0 spiro atoms. The van der Waals surface area contributed by atoms with Crippen LogP contribution in [0.2, 0.25) is 0 Å². The number of nitrogens with one attached hydrogen (secondary N) is 1. The maximum atomic E-state index is 3.48. The molecular formula is C13H21NS. The molecule has 0 saturated heterocycles. The third-order valence-electron chi connectivity index (χ3n) is 2.63. The highest BCUT2D eigenvalue weighted by molar-refractivity contribution is 7.98. The van der Waals surface area contributed by atoms with Crippen LogP contribution in [0.15, 0.2) is 12.1 Å². The second-order valence-corrected chi connectivity index (χ2v) is 5.03. The van der Waals surface area contributed by atoms with Gasteiger partial charge in [0.1, 0.15) is 0 Å². The highest BCUT2D eigenvalue weighted by atomic mass is 32.2. The van der Waals surface area contributed by atoms with E-state index in [0.717, 1.165) is 13.1 Å². The average Bonchev–Trinajstić information content (AvgIpc) is 2.15. The Morgan fingerprint density at radius 2 is 1.73 bits per heavy atom. The first-order chi connectivity index (χ1) is 7.15. The van der Waals surface area contributed by atoms with Gasteiger partial charge in [0.25, 0.3) is 0 Å². The van der Waals surface area contributed by atoms with E-state index in [2.05, 4.69) is 44.5 Å². The molecule has 2 heteroatoms. The van der Waals surface area contributed by atoms with Crippen LogP contribution < -0.4 is 5.32 Å². The van der Waals surface area contributed by atoms with E-state index >= 15 is 0 Å². The van der Waals surface area contributed by atoms with Crippen LogP contribution in [0.25, 0.3) is 0 Å². The fourth-order valence-corrected chi connectivity index (χ4v) is 2.22. The quantitative estimate of drug-likeness (QED) is 0.770. The monoisotopic (exact) mass is 223 g/mol. The number of benzene rings is 1. The summed E-state index contributed by atoms with van der Waals surface area (Å²) in [4.78, 5) is 0. The molecule has 0 heterocycles. The highest BCUT2D eigenvalue weighted by Crippen LogP contribution is 2.15. The van der Waals surface area contributed by atoms with E-state index < -0.39 is 0 Å². The summed E-state index contributed by atoms with van der Waals surface area (Å²) in [6, 6.07) is 4.52. The molecule has 1 rings (SSSR count). The zero-order chi connectivity index (χ0) is 11.3. The minimum Gasteiger partial charge on any atom is -0.312 e. The second-order valence-electron chi connectivity index (χ2n) is 4.05. The molecule has 1 nitrogen and oxygen atoms in total. The van der Waals surface area contributed by atoms with Gasteiger partial charge in [-0.15, -0.1) is 0 Å². The van der Waals surface area contributed by atoms with Gasteiger partial charge in [-0.2, -0.15) is 11.8 Å². The minimum atomic E-state index is 0.999. The van der Waals surface area contributed by atoms with E-state index in [1.165, 1.54) is 28.0 Å². The largest absolute Gasteiger partial charge is 0.312 e. The molecule has 0 amide bonds. The predicted octanol–water partition coefficient (Wildman–Crippen LogP) is 3.06. The van der Waals surface area contributed by atoms with Gasteiger partial charge in [0.2, 0.25) is 0 Å². The van der Waals surface area contributed by atoms with Crippen molar-refractivity contribution in [2.75, 3.05) is 18.6 Å². The van der Waals surface area contributed by atoms with Gasteiger partial charge in [0.05, 0.1) is 0 Å². The van der Waals surface area contributed by atoms with Crippen molar-refractivity contribution in [1.29, 1.82) is 0 Å². The van der Waals surface area contributed by atoms with Crippen molar-refractivity contribution in [3.05, 3.63) is 34.4 Å². The zero-order valence-corrected chi connectivity index (χ0v) is 11.0. The smallest absolute Gasteiger partial charge is 0.0211 e. The molecule has 1 aromatic rings. The van der Waals surface area contributed by atoms with Gasteiger partial charge in [0, 0.05) is 18.8 Å². The van der Waals surface area contributed by atoms with Gasteiger partial charge in [-0.05, 0) is 43.7 Å². The van der Waals surface area contributed by atoms with Gasteiger partial charge >= 0.3 is 0 Å². The molecule has 0 aliphatic carbocycles. The predicted molar refractivity (Wildman–Crippen MR) is 70.7 cm³/mol. The molecule has 1 aromatic carbocycles. The summed E-state index contributed by atoms with van der Waals surface area (Å²) < 4.78 is 0. The SMILES string of the molecule is CSCCNCc1c(C)cc(C)cc1C. The normalized spacial score (nSPS) is 10.7. The Morgan fingerprint density at radius 3 is 2.27 bits per heavy atom. The molecule has 84 valence electrons. The number of rotatable bonds is 5. The van der Waals surface area contributed by atoms with Crippen molar-refractivity contribution in [1.82, 2.24) is 5.32 Å². The summed E-state index contributed by atoms with van der Waals surface area (Å²) in [5, 5.41) is 3.48. The van der Waals surface area contributed by atoms with Gasteiger partial charge in [-0.3, -0.25) is 0 Å². The van der Waals surface area contributed by atoms with Gasteiger partial charge in [-0.1, -0.05) is 17.7 Å². The molecule has 0 aliphatic heterocycles. The molecule has 0 aromatic heterocycles. The molecular weight excluding hydrogens is 202 g/mol. The summed E-state index contributed by atoms with van der Waals surface area (Å²) in [5.74, 6) is 1.18. The Bertz CT molecular complexity index is 297. The lowest BCUT2D eigenvalue weighted by atomic mass is 10.00. The Balaban J connectivity index is 2.60. The molecule has 0 atom stereocenters. The number of thioether (sulfide) groups is 1. The van der Waals surface area contributed by atoms with Crippen LogP contribution in [0.1, 0.15) is 22.3 Å². The third kappa shape index (κ3) is 3.88. The van der Waals surface area contributed by atoms with E-state index in [1.807, 2.05) is 11.8 Å². The lowest BCUT2D eigenvalue weighted by Crippen LogP contribution is -2.17. The fourth-order valence-electron chi connectivity index (χ4n) is 1.88. The lowest BCUT2D eigenvalue weighted by molar-refractivity contribution is 0.725. The standard InChI is InChI=1S/C13H21NS/c1-10-7-11(2)13(12(3)8-10)9-14-5-6-15-4/h7-8,14H,5-6,9H2,1-4H3. The van der Waals surface area contributed by atoms with Gasteiger partial charge < -0.3 is 5.32 Å². The van der Waals surface area contributed by atoms with Crippen molar-refractivity contribution in [3.8, 4) is 0 Å². The number of hydrogen-bond acceptors (Lipinski definition) is 2. The molecule has 15 heavy (non-hydrogen) atoms. The molecule has 0 unspecified atom stereocenters. The molecule has 0 radical (unpaired) electrons. The van der Waals surface area contributed by atoms with E-state index in [9.17, 15) is 0 Å². The first kappa shape index (κ1) is 12.6. The van der Waals surface area contributed by atoms with Crippen LogP contribution >= 0.6 is 11.8 Å². The number of hydrogen-bond donors (Lipinski definition) is 1. The van der Waals surface area contributed by atoms with E-state index in [4.69, 9.17) is 0 Å². The summed E-state index contributed by atoms with van der Waals surface area (Å²) >= 11 is 1.89. The Hall–Kier alpha value is -0.470. The van der Waals surface area contributed by atoms with Gasteiger partial charge in [0.15, 0.2) is 0 Å². The van der Waals surface area contributed by atoms with Crippen LogP contribution in [0.3, 0.4) is 0 Å². The third-order valence-corrected chi connectivity index (χ3v) is 3.24. The lowest BCUT2D eigenvalue weighted by Gasteiger charge is -2.12. The summed E-state index contributed by atoms with van der Waals surface area (Å²) in [5.41, 5.74) is 5.63. The molecule has 0 saturated carbocycles. The van der Waals surface area contributed by atoms with Gasteiger partial charge in [-0.25, -0.2) is 0 Å². The van der Waals surface area contributed by atoms with Crippen LogP contribution in [-0.2, 0) is 6.54 Å². The summed E-state index contributed by atoms with van der Waals surface area (Å²) in [7, 11) is 0. The molecule has 0 bridgehead atoms. The molecule has 1 N–H and O–H groups in total. The van der Waals surface area contributed by atoms with Crippen LogP contribution in [0.5, 0.6) is 0 Å². The summed E-state index contributed by atoms with van der Waals surface area (Å²) in [6.07, 6.45) is 2.14. The number of aryl methyl sites for hydroxylation is 3. The maximum absolute atomic E-state index is 3.48. The first-order valence-corrected chi connectivity index (χ1v) is 6.81. The Labute approximate surface area is 97.7 Å². The van der Waals surface area contributed by atoms with E-state index in [-0.39, 0.29) is 0 Å². The molecule has 0 fully saturated rings. The maximum Gasteiger partial charge on any atom is 0.0211 e. The van der Waals surface area contributed by atoms with Crippen LogP contribution in [0, 0.1) is 20.8 Å². The van der Waals surface area contributed by atoms with Crippen molar-refractivity contribution < 1.29 is 0 Å². The Morgan fingerprint density at radius 1 is 1.13 bits per heavy atom. The van der Waals surface area contributed by atoms with Crippen LogP contribution in [0.4, 0.5) is 0 Å². The topological polar surface area (TPSA) is 12.0 Å². The highest BCUT2D eigenvalue weighted by Gasteiger charge is 2.02. The van der Waals surface area contributed by atoms with Crippen molar-refractivity contribution in [2.24, 2.45) is 0 Å². The Kier molecular flexibility index (Phi) is 5.20. The van der Waals surface area contributed by atoms with Crippen LogP contribution in [-0.4, -0.2) is 18.6 Å². The zero-order valence-electron chi connectivity index (χ0n) is 10.2. The molecule has 0 aliphatic rings.